The topological polar surface area (TPSA) is 47.6 Å². The zero-order valence-corrected chi connectivity index (χ0v) is 10.5. The lowest BCUT2D eigenvalue weighted by Crippen LogP contribution is -2.40. The van der Waals surface area contributed by atoms with E-state index in [4.69, 9.17) is 9.47 Å². The molecule has 0 saturated heterocycles. The van der Waals surface area contributed by atoms with Crippen LogP contribution in [0.5, 0.6) is 5.75 Å². The molecule has 4 heteroatoms. The summed E-state index contributed by atoms with van der Waals surface area (Å²) in [6.45, 7) is 4.39. The lowest BCUT2D eigenvalue weighted by molar-refractivity contribution is -0.146. The molecule has 0 amide bonds. The van der Waals surface area contributed by atoms with Crippen molar-refractivity contribution in [3.05, 3.63) is 29.8 Å². The van der Waals surface area contributed by atoms with Crippen LogP contribution in [0.2, 0.25) is 0 Å². The molecule has 0 aliphatic heterocycles. The van der Waals surface area contributed by atoms with Crippen molar-refractivity contribution in [2.75, 3.05) is 20.3 Å². The summed E-state index contributed by atoms with van der Waals surface area (Å²) >= 11 is 0. The van der Waals surface area contributed by atoms with Crippen LogP contribution in [0.25, 0.3) is 0 Å². The summed E-state index contributed by atoms with van der Waals surface area (Å²) in [5.41, 5.74) is 1.05. The molecule has 0 bridgehead atoms. The predicted octanol–water partition coefficient (Wildman–Crippen LogP) is 1.52. The first-order valence-corrected chi connectivity index (χ1v) is 5.71. The van der Waals surface area contributed by atoms with E-state index in [0.717, 1.165) is 11.3 Å². The SMILES string of the molecule is CCOC(=O)C(COc1ccccc1C)NC. The van der Waals surface area contributed by atoms with Crippen molar-refractivity contribution < 1.29 is 14.3 Å². The molecule has 0 fully saturated rings. The van der Waals surface area contributed by atoms with Crippen molar-refractivity contribution in [3.8, 4) is 5.75 Å². The van der Waals surface area contributed by atoms with E-state index < -0.39 is 6.04 Å². The fourth-order valence-electron chi connectivity index (χ4n) is 1.40. The summed E-state index contributed by atoms with van der Waals surface area (Å²) < 4.78 is 10.5. The highest BCUT2D eigenvalue weighted by atomic mass is 16.5. The van der Waals surface area contributed by atoms with Crippen molar-refractivity contribution >= 4 is 5.97 Å². The molecule has 94 valence electrons. The Morgan fingerprint density at radius 3 is 2.71 bits per heavy atom. The van der Waals surface area contributed by atoms with E-state index in [1.165, 1.54) is 0 Å². The van der Waals surface area contributed by atoms with Crippen LogP contribution < -0.4 is 10.1 Å². The third kappa shape index (κ3) is 4.07. The van der Waals surface area contributed by atoms with Crippen LogP contribution >= 0.6 is 0 Å². The molecule has 1 N–H and O–H groups in total. The van der Waals surface area contributed by atoms with Crippen LogP contribution in [-0.4, -0.2) is 32.3 Å². The van der Waals surface area contributed by atoms with Crippen molar-refractivity contribution in [2.24, 2.45) is 0 Å². The zero-order chi connectivity index (χ0) is 12.7. The Hall–Kier alpha value is -1.55. The Morgan fingerprint density at radius 2 is 2.12 bits per heavy atom. The first-order valence-electron chi connectivity index (χ1n) is 5.71. The van der Waals surface area contributed by atoms with Crippen LogP contribution in [-0.2, 0) is 9.53 Å². The minimum absolute atomic E-state index is 0.264. The number of nitrogens with one attached hydrogen (secondary N) is 1. The maximum absolute atomic E-state index is 11.5. The number of likely N-dealkylation sites (N-methyl/N-ethyl adjacent to an activating group) is 1. The van der Waals surface area contributed by atoms with Gasteiger partial charge in [-0.2, -0.15) is 0 Å². The minimum Gasteiger partial charge on any atom is -0.491 e. The van der Waals surface area contributed by atoms with Crippen LogP contribution in [0.1, 0.15) is 12.5 Å². The number of esters is 1. The summed E-state index contributed by atoms with van der Waals surface area (Å²) in [6.07, 6.45) is 0. The molecule has 0 heterocycles. The molecule has 1 rings (SSSR count). The summed E-state index contributed by atoms with van der Waals surface area (Å²) in [5, 5.41) is 2.88. The third-order valence-corrected chi connectivity index (χ3v) is 2.42. The highest BCUT2D eigenvalue weighted by molar-refractivity contribution is 5.75. The highest BCUT2D eigenvalue weighted by Gasteiger charge is 2.18. The Labute approximate surface area is 102 Å². The zero-order valence-electron chi connectivity index (χ0n) is 10.5. The number of benzene rings is 1. The number of hydrogen-bond acceptors (Lipinski definition) is 4. The summed E-state index contributed by atoms with van der Waals surface area (Å²) in [7, 11) is 1.71. The van der Waals surface area contributed by atoms with Crippen molar-refractivity contribution in [3.63, 3.8) is 0 Å². The molecule has 0 aromatic heterocycles. The number of rotatable bonds is 6. The molecular formula is C13H19NO3. The lowest BCUT2D eigenvalue weighted by Gasteiger charge is -2.16. The highest BCUT2D eigenvalue weighted by Crippen LogP contribution is 2.16. The molecule has 0 radical (unpaired) electrons. The first-order chi connectivity index (χ1) is 8.19. The van der Waals surface area contributed by atoms with Gasteiger partial charge < -0.3 is 14.8 Å². The van der Waals surface area contributed by atoms with Gasteiger partial charge in [0.15, 0.2) is 0 Å². The van der Waals surface area contributed by atoms with Gasteiger partial charge >= 0.3 is 5.97 Å². The second kappa shape index (κ2) is 6.91. The van der Waals surface area contributed by atoms with E-state index in [9.17, 15) is 4.79 Å². The van der Waals surface area contributed by atoms with Crippen LogP contribution in [0.3, 0.4) is 0 Å². The van der Waals surface area contributed by atoms with Gasteiger partial charge in [0.05, 0.1) is 6.61 Å². The average Bonchev–Trinajstić information content (AvgIpc) is 2.32. The second-order valence-corrected chi connectivity index (χ2v) is 3.67. The fraction of sp³-hybridized carbons (Fsp3) is 0.462. The maximum atomic E-state index is 11.5. The van der Waals surface area contributed by atoms with E-state index in [2.05, 4.69) is 5.32 Å². The number of aryl methyl sites for hydroxylation is 1. The first kappa shape index (κ1) is 13.5. The fourth-order valence-corrected chi connectivity index (χ4v) is 1.40. The molecule has 1 aromatic carbocycles. The van der Waals surface area contributed by atoms with Gasteiger partial charge in [-0.3, -0.25) is 4.79 Å². The monoisotopic (exact) mass is 237 g/mol. The number of para-hydroxylation sites is 1. The van der Waals surface area contributed by atoms with Gasteiger partial charge in [-0.1, -0.05) is 18.2 Å². The number of carbonyl (C=O) groups excluding carboxylic acids is 1. The number of carbonyl (C=O) groups is 1. The lowest BCUT2D eigenvalue weighted by atomic mass is 10.2. The Bertz CT molecular complexity index is 365. The van der Waals surface area contributed by atoms with Gasteiger partial charge in [-0.05, 0) is 32.5 Å². The van der Waals surface area contributed by atoms with Crippen molar-refractivity contribution in [1.29, 1.82) is 0 Å². The predicted molar refractivity (Wildman–Crippen MR) is 66.2 cm³/mol. The van der Waals surface area contributed by atoms with E-state index in [0.29, 0.717) is 6.61 Å². The largest absolute Gasteiger partial charge is 0.491 e. The van der Waals surface area contributed by atoms with Crippen molar-refractivity contribution in [1.82, 2.24) is 5.32 Å². The Morgan fingerprint density at radius 1 is 1.41 bits per heavy atom. The standard InChI is InChI=1S/C13H19NO3/c1-4-16-13(15)11(14-3)9-17-12-8-6-5-7-10(12)2/h5-8,11,14H,4,9H2,1-3H3. The van der Waals surface area contributed by atoms with Crippen LogP contribution in [0.15, 0.2) is 24.3 Å². The molecular weight excluding hydrogens is 218 g/mol. The molecule has 4 nitrogen and oxygen atoms in total. The second-order valence-electron chi connectivity index (χ2n) is 3.67. The molecule has 1 aromatic rings. The molecule has 17 heavy (non-hydrogen) atoms. The van der Waals surface area contributed by atoms with Crippen LogP contribution in [0, 0.1) is 6.92 Å². The van der Waals surface area contributed by atoms with Crippen LogP contribution in [0.4, 0.5) is 0 Å². The van der Waals surface area contributed by atoms with E-state index in [1.807, 2.05) is 31.2 Å². The summed E-state index contributed by atoms with van der Waals surface area (Å²) in [6, 6.07) is 7.26. The molecule has 0 aliphatic rings. The smallest absolute Gasteiger partial charge is 0.326 e. The normalized spacial score (nSPS) is 11.9. The van der Waals surface area contributed by atoms with E-state index >= 15 is 0 Å². The molecule has 1 atom stereocenters. The van der Waals surface area contributed by atoms with Gasteiger partial charge in [0.2, 0.25) is 0 Å². The molecule has 0 spiro atoms. The van der Waals surface area contributed by atoms with Gasteiger partial charge in [-0.25, -0.2) is 0 Å². The van der Waals surface area contributed by atoms with Gasteiger partial charge in [-0.15, -0.1) is 0 Å². The Kier molecular flexibility index (Phi) is 5.49. The average molecular weight is 237 g/mol. The quantitative estimate of drug-likeness (QED) is 0.762. The van der Waals surface area contributed by atoms with Crippen molar-refractivity contribution in [2.45, 2.75) is 19.9 Å². The number of hydrogen-bond donors (Lipinski definition) is 1. The number of ether oxygens (including phenoxy) is 2. The van der Waals surface area contributed by atoms with E-state index in [1.54, 1.807) is 14.0 Å². The van der Waals surface area contributed by atoms with Gasteiger partial charge in [0.1, 0.15) is 18.4 Å². The third-order valence-electron chi connectivity index (χ3n) is 2.42. The molecule has 0 saturated carbocycles. The van der Waals surface area contributed by atoms with Gasteiger partial charge in [0, 0.05) is 0 Å². The van der Waals surface area contributed by atoms with Gasteiger partial charge in [0.25, 0.3) is 0 Å². The molecule has 0 aliphatic carbocycles. The summed E-state index contributed by atoms with van der Waals surface area (Å²) in [5.74, 6) is 0.501. The summed E-state index contributed by atoms with van der Waals surface area (Å²) in [4.78, 5) is 11.5. The molecule has 1 unspecified atom stereocenters. The maximum Gasteiger partial charge on any atom is 0.326 e. The Balaban J connectivity index is 2.53. The van der Waals surface area contributed by atoms with E-state index in [-0.39, 0.29) is 12.6 Å². The minimum atomic E-state index is -0.436.